The number of nitrogens with two attached hydrogens (primary N) is 2. The normalized spacial score (nSPS) is 20.1. The van der Waals surface area contributed by atoms with Crippen molar-refractivity contribution in [3.05, 3.63) is 65.7 Å². The Labute approximate surface area is 143 Å². The van der Waals surface area contributed by atoms with Crippen LogP contribution in [0.2, 0.25) is 0 Å². The summed E-state index contributed by atoms with van der Waals surface area (Å²) in [4.78, 5) is 23.8. The third-order valence-electron chi connectivity index (χ3n) is 5.32. The number of hydrogen-bond donors (Lipinski definition) is 2. The van der Waals surface area contributed by atoms with E-state index in [9.17, 15) is 9.59 Å². The number of fused-ring (bicyclic) bond motifs is 7. The Bertz CT molecular complexity index is 1140. The molecule has 0 bridgehead atoms. The molecule has 5 nitrogen and oxygen atoms in total. The van der Waals surface area contributed by atoms with Crippen LogP contribution < -0.4 is 11.5 Å². The molecule has 0 saturated heterocycles. The summed E-state index contributed by atoms with van der Waals surface area (Å²) in [6.45, 7) is 0.438. The fraction of sp³-hybridized carbons (Fsp3) is 0.100. The molecule has 1 aliphatic carbocycles. The fourth-order valence-corrected chi connectivity index (χ4v) is 3.93. The molecule has 2 aliphatic rings. The standard InChI is InChI=1S/C20H15N3O2/c21-18(24)12-6-5-11-7-17-14-4-2-1-3-13(14)15-9-20(15,19(22)25)10-23(17)16(11)8-12/h1-9H,10H2,(H2,21,24)(H2,22,25). The second-order valence-corrected chi connectivity index (χ2v) is 6.69. The highest BCUT2D eigenvalue weighted by molar-refractivity contribution is 6.11. The van der Waals surface area contributed by atoms with Gasteiger partial charge in [-0.25, -0.2) is 0 Å². The molecule has 4 N–H and O–H groups in total. The van der Waals surface area contributed by atoms with Crippen LogP contribution in [0.4, 0.5) is 0 Å². The maximum absolute atomic E-state index is 12.2. The van der Waals surface area contributed by atoms with E-state index in [0.29, 0.717) is 12.1 Å². The van der Waals surface area contributed by atoms with E-state index in [1.807, 2.05) is 36.4 Å². The quantitative estimate of drug-likeness (QED) is 0.755. The third-order valence-corrected chi connectivity index (χ3v) is 5.32. The van der Waals surface area contributed by atoms with Crippen molar-refractivity contribution in [2.75, 3.05) is 0 Å². The topological polar surface area (TPSA) is 91.1 Å². The van der Waals surface area contributed by atoms with Gasteiger partial charge in [0.05, 0.1) is 0 Å². The van der Waals surface area contributed by atoms with Gasteiger partial charge in [-0.3, -0.25) is 9.59 Å². The summed E-state index contributed by atoms with van der Waals surface area (Å²) in [6, 6.07) is 15.5. The first kappa shape index (κ1) is 14.0. The molecule has 1 aliphatic heterocycles. The van der Waals surface area contributed by atoms with Gasteiger partial charge in [-0.1, -0.05) is 36.4 Å². The number of benzene rings is 2. The maximum atomic E-state index is 12.2. The van der Waals surface area contributed by atoms with Crippen molar-refractivity contribution in [1.82, 2.24) is 4.57 Å². The SMILES string of the molecule is NC(=O)c1ccc2cc3n(c2c1)CC1(C(N)=O)C=C1c1ccccc1-3. The zero-order valence-electron chi connectivity index (χ0n) is 13.3. The minimum absolute atomic E-state index is 0.349. The summed E-state index contributed by atoms with van der Waals surface area (Å²) in [7, 11) is 0. The lowest BCUT2D eigenvalue weighted by molar-refractivity contribution is -0.122. The highest BCUT2D eigenvalue weighted by atomic mass is 16.1. The second-order valence-electron chi connectivity index (χ2n) is 6.69. The molecule has 5 heteroatoms. The van der Waals surface area contributed by atoms with E-state index in [1.54, 1.807) is 12.1 Å². The van der Waals surface area contributed by atoms with E-state index >= 15 is 0 Å². The lowest BCUT2D eigenvalue weighted by atomic mass is 9.94. The van der Waals surface area contributed by atoms with Gasteiger partial charge in [-0.15, -0.1) is 0 Å². The van der Waals surface area contributed by atoms with Gasteiger partial charge >= 0.3 is 0 Å². The van der Waals surface area contributed by atoms with E-state index in [-0.39, 0.29) is 5.91 Å². The first-order chi connectivity index (χ1) is 12.0. The molecule has 2 heterocycles. The summed E-state index contributed by atoms with van der Waals surface area (Å²) in [5, 5.41) is 0.999. The Balaban J connectivity index is 1.85. The average molecular weight is 329 g/mol. The molecule has 122 valence electrons. The Hall–Kier alpha value is -3.34. The van der Waals surface area contributed by atoms with E-state index in [4.69, 9.17) is 11.5 Å². The fourth-order valence-electron chi connectivity index (χ4n) is 3.93. The maximum Gasteiger partial charge on any atom is 0.248 e. The number of amides is 2. The second kappa shape index (κ2) is 4.39. The van der Waals surface area contributed by atoms with Crippen molar-refractivity contribution < 1.29 is 9.59 Å². The number of hydrogen-bond acceptors (Lipinski definition) is 2. The minimum atomic E-state index is -0.754. The summed E-state index contributed by atoms with van der Waals surface area (Å²) in [5.74, 6) is -0.820. The number of aromatic nitrogens is 1. The van der Waals surface area contributed by atoms with Crippen molar-refractivity contribution in [3.63, 3.8) is 0 Å². The molecule has 1 unspecified atom stereocenters. The van der Waals surface area contributed by atoms with Crippen LogP contribution >= 0.6 is 0 Å². The Morgan fingerprint density at radius 2 is 1.76 bits per heavy atom. The van der Waals surface area contributed by atoms with Gasteiger partial charge in [0, 0.05) is 34.3 Å². The predicted octanol–water partition coefficient (Wildman–Crippen LogP) is 2.29. The molecule has 0 radical (unpaired) electrons. The lowest BCUT2D eigenvalue weighted by Crippen LogP contribution is -2.31. The highest BCUT2D eigenvalue weighted by Crippen LogP contribution is 2.57. The Morgan fingerprint density at radius 1 is 1.00 bits per heavy atom. The van der Waals surface area contributed by atoms with Crippen LogP contribution in [0.1, 0.15) is 15.9 Å². The molecule has 0 saturated carbocycles. The Kier molecular flexibility index (Phi) is 2.46. The van der Waals surface area contributed by atoms with Gasteiger partial charge < -0.3 is 16.0 Å². The summed E-state index contributed by atoms with van der Waals surface area (Å²) in [6.07, 6.45) is 1.95. The molecule has 0 spiro atoms. The molecule has 2 amide bonds. The number of carbonyl (C=O) groups is 2. The van der Waals surface area contributed by atoms with Crippen molar-refractivity contribution in [2.45, 2.75) is 6.54 Å². The zero-order chi connectivity index (χ0) is 17.3. The van der Waals surface area contributed by atoms with Gasteiger partial charge in [0.25, 0.3) is 0 Å². The van der Waals surface area contributed by atoms with Gasteiger partial charge in [-0.2, -0.15) is 0 Å². The third kappa shape index (κ3) is 1.72. The van der Waals surface area contributed by atoms with E-state index < -0.39 is 11.3 Å². The van der Waals surface area contributed by atoms with Gasteiger partial charge in [0.2, 0.25) is 11.8 Å². The molecule has 0 fully saturated rings. The van der Waals surface area contributed by atoms with Crippen LogP contribution in [-0.2, 0) is 11.3 Å². The lowest BCUT2D eigenvalue weighted by Gasteiger charge is -2.16. The molecule has 1 aromatic heterocycles. The largest absolute Gasteiger partial charge is 0.369 e. The van der Waals surface area contributed by atoms with Crippen molar-refractivity contribution in [1.29, 1.82) is 0 Å². The van der Waals surface area contributed by atoms with Gasteiger partial charge in [0.15, 0.2) is 0 Å². The molecule has 2 aromatic carbocycles. The van der Waals surface area contributed by atoms with Crippen LogP contribution in [0.15, 0.2) is 54.6 Å². The van der Waals surface area contributed by atoms with Crippen LogP contribution in [0.3, 0.4) is 0 Å². The molecule has 3 aromatic rings. The van der Waals surface area contributed by atoms with Gasteiger partial charge in [0.1, 0.15) is 5.41 Å². The minimum Gasteiger partial charge on any atom is -0.369 e. The molecule has 25 heavy (non-hydrogen) atoms. The van der Waals surface area contributed by atoms with E-state index in [0.717, 1.165) is 33.3 Å². The van der Waals surface area contributed by atoms with Crippen molar-refractivity contribution in [3.8, 4) is 11.3 Å². The van der Waals surface area contributed by atoms with Crippen LogP contribution in [0.5, 0.6) is 0 Å². The summed E-state index contributed by atoms with van der Waals surface area (Å²) in [5.41, 5.74) is 15.8. The first-order valence-electron chi connectivity index (χ1n) is 8.07. The number of carbonyl (C=O) groups excluding carboxylic acids is 2. The summed E-state index contributed by atoms with van der Waals surface area (Å²) < 4.78 is 2.07. The van der Waals surface area contributed by atoms with Crippen molar-refractivity contribution >= 4 is 28.3 Å². The zero-order valence-corrected chi connectivity index (χ0v) is 13.3. The molecule has 5 rings (SSSR count). The molecular formula is C20H15N3O2. The van der Waals surface area contributed by atoms with Gasteiger partial charge in [-0.05, 0) is 29.3 Å². The average Bonchev–Trinajstić information content (AvgIpc) is 3.25. The van der Waals surface area contributed by atoms with Crippen LogP contribution in [0, 0.1) is 5.41 Å². The van der Waals surface area contributed by atoms with Crippen molar-refractivity contribution in [2.24, 2.45) is 16.9 Å². The smallest absolute Gasteiger partial charge is 0.248 e. The number of primary amides is 2. The molecular weight excluding hydrogens is 314 g/mol. The number of rotatable bonds is 2. The predicted molar refractivity (Wildman–Crippen MR) is 95.5 cm³/mol. The summed E-state index contributed by atoms with van der Waals surface area (Å²) >= 11 is 0. The highest BCUT2D eigenvalue weighted by Gasteiger charge is 2.52. The van der Waals surface area contributed by atoms with Crippen LogP contribution in [-0.4, -0.2) is 16.4 Å². The van der Waals surface area contributed by atoms with Crippen LogP contribution in [0.25, 0.3) is 27.7 Å². The molecule has 1 atom stereocenters. The number of nitrogens with zero attached hydrogens (tertiary/aromatic N) is 1. The Morgan fingerprint density at radius 3 is 2.48 bits per heavy atom. The first-order valence-corrected chi connectivity index (χ1v) is 8.07. The van der Waals surface area contributed by atoms with E-state index in [1.165, 1.54) is 0 Å². The monoisotopic (exact) mass is 329 g/mol. The van der Waals surface area contributed by atoms with E-state index in [2.05, 4.69) is 10.6 Å².